The van der Waals surface area contributed by atoms with Crippen molar-refractivity contribution in [3.05, 3.63) is 52.0 Å². The molecule has 5 nitrogen and oxygen atoms in total. The molecule has 0 radical (unpaired) electrons. The van der Waals surface area contributed by atoms with Crippen LogP contribution >= 0.6 is 11.3 Å². The molecule has 0 unspecified atom stereocenters. The summed E-state index contributed by atoms with van der Waals surface area (Å²) in [6.07, 6.45) is 0. The number of halogens is 1. The summed E-state index contributed by atoms with van der Waals surface area (Å²) in [6, 6.07) is 8.41. The lowest BCUT2D eigenvalue weighted by molar-refractivity contribution is -0.117. The number of carbonyl (C=O) groups is 2. The molecule has 1 aliphatic rings. The predicted octanol–water partition coefficient (Wildman–Crippen LogP) is 2.59. The maximum atomic E-state index is 13.8. The topological polar surface area (TPSA) is 52.7 Å². The molecule has 25 heavy (non-hydrogen) atoms. The van der Waals surface area contributed by atoms with Gasteiger partial charge in [-0.05, 0) is 36.1 Å². The van der Waals surface area contributed by atoms with Crippen LogP contribution in [0.15, 0.2) is 35.7 Å². The summed E-state index contributed by atoms with van der Waals surface area (Å²) in [5.74, 6) is -0.638. The molecule has 2 heterocycles. The summed E-state index contributed by atoms with van der Waals surface area (Å²) in [6.45, 7) is 4.41. The number of thiophene rings is 1. The smallest absolute Gasteiger partial charge is 0.264 e. The summed E-state index contributed by atoms with van der Waals surface area (Å²) in [4.78, 5) is 28.9. The van der Waals surface area contributed by atoms with Gasteiger partial charge >= 0.3 is 0 Å². The van der Waals surface area contributed by atoms with Crippen LogP contribution in [0.1, 0.15) is 15.2 Å². The van der Waals surface area contributed by atoms with Crippen molar-refractivity contribution < 1.29 is 14.0 Å². The van der Waals surface area contributed by atoms with Gasteiger partial charge in [0.15, 0.2) is 0 Å². The molecule has 3 rings (SSSR count). The Hall–Kier alpha value is -2.25. The van der Waals surface area contributed by atoms with E-state index in [0.29, 0.717) is 26.2 Å². The molecule has 7 heteroatoms. The first kappa shape index (κ1) is 17.6. The van der Waals surface area contributed by atoms with Crippen LogP contribution in [0.2, 0.25) is 0 Å². The number of carbonyl (C=O) groups excluding carboxylic acids is 2. The number of hydrogen-bond donors (Lipinski definition) is 1. The Balaban J connectivity index is 1.48. The third-order valence-corrected chi connectivity index (χ3v) is 5.02. The summed E-state index contributed by atoms with van der Waals surface area (Å²) in [5, 5.41) is 4.49. The third kappa shape index (κ3) is 4.43. The number of hydrogen-bond acceptors (Lipinski definition) is 4. The second kappa shape index (κ2) is 7.76. The summed E-state index contributed by atoms with van der Waals surface area (Å²) in [5.41, 5.74) is 1.00. The van der Waals surface area contributed by atoms with Crippen molar-refractivity contribution in [2.24, 2.45) is 0 Å². The van der Waals surface area contributed by atoms with Crippen molar-refractivity contribution in [3.63, 3.8) is 0 Å². The second-order valence-corrected chi connectivity index (χ2v) is 7.02. The van der Waals surface area contributed by atoms with Crippen LogP contribution < -0.4 is 5.32 Å². The largest absolute Gasteiger partial charge is 0.335 e. The highest BCUT2D eigenvalue weighted by Gasteiger charge is 2.23. The number of nitrogens with one attached hydrogen (secondary N) is 1. The highest BCUT2D eigenvalue weighted by atomic mass is 32.1. The van der Waals surface area contributed by atoms with Gasteiger partial charge in [0, 0.05) is 26.2 Å². The van der Waals surface area contributed by atoms with Crippen molar-refractivity contribution in [2.45, 2.75) is 6.92 Å². The molecular weight excluding hydrogens is 341 g/mol. The Labute approximate surface area is 150 Å². The van der Waals surface area contributed by atoms with Crippen LogP contribution in [0.5, 0.6) is 0 Å². The fourth-order valence-electron chi connectivity index (χ4n) is 2.78. The normalized spacial score (nSPS) is 15.2. The van der Waals surface area contributed by atoms with Crippen molar-refractivity contribution in [2.75, 3.05) is 38.0 Å². The van der Waals surface area contributed by atoms with Gasteiger partial charge in [0.25, 0.3) is 5.91 Å². The van der Waals surface area contributed by atoms with Crippen LogP contribution in [0.25, 0.3) is 0 Å². The molecule has 1 fully saturated rings. The lowest BCUT2D eigenvalue weighted by Gasteiger charge is -2.34. The number of anilines is 1. The van der Waals surface area contributed by atoms with E-state index in [0.717, 1.165) is 10.4 Å². The molecule has 0 bridgehead atoms. The van der Waals surface area contributed by atoms with Crippen LogP contribution in [0.3, 0.4) is 0 Å². The number of amides is 2. The van der Waals surface area contributed by atoms with Gasteiger partial charge in [0.05, 0.1) is 17.1 Å². The number of aryl methyl sites for hydroxylation is 1. The van der Waals surface area contributed by atoms with Gasteiger partial charge in [0.1, 0.15) is 5.82 Å². The van der Waals surface area contributed by atoms with Crippen LogP contribution in [-0.2, 0) is 4.79 Å². The van der Waals surface area contributed by atoms with E-state index in [9.17, 15) is 14.0 Å². The first-order valence-electron chi connectivity index (χ1n) is 8.14. The zero-order valence-electron chi connectivity index (χ0n) is 14.0. The van der Waals surface area contributed by atoms with Gasteiger partial charge in [-0.1, -0.05) is 12.1 Å². The zero-order chi connectivity index (χ0) is 17.8. The van der Waals surface area contributed by atoms with E-state index >= 15 is 0 Å². The maximum Gasteiger partial charge on any atom is 0.264 e. The Morgan fingerprint density at radius 3 is 2.60 bits per heavy atom. The zero-order valence-corrected chi connectivity index (χ0v) is 14.8. The molecule has 132 valence electrons. The molecule has 0 saturated carbocycles. The molecule has 1 aromatic carbocycles. The Morgan fingerprint density at radius 2 is 1.96 bits per heavy atom. The molecule has 0 spiro atoms. The SMILES string of the molecule is Cc1ccc(NC(=O)CN2CCN(C(=O)c3cccs3)CC2)c(F)c1. The third-order valence-electron chi connectivity index (χ3n) is 4.16. The van der Waals surface area contributed by atoms with Crippen molar-refractivity contribution in [1.29, 1.82) is 0 Å². The van der Waals surface area contributed by atoms with Crippen molar-refractivity contribution in [1.82, 2.24) is 9.80 Å². The van der Waals surface area contributed by atoms with Gasteiger partial charge in [-0.15, -0.1) is 11.3 Å². The molecule has 0 aliphatic carbocycles. The number of benzene rings is 1. The standard InChI is InChI=1S/C18H20FN3O2S/c1-13-4-5-15(14(19)11-13)20-17(23)12-21-6-8-22(9-7-21)18(24)16-3-2-10-25-16/h2-5,10-11H,6-9,12H2,1H3,(H,20,23). The van der Waals surface area contributed by atoms with E-state index in [-0.39, 0.29) is 24.0 Å². The lowest BCUT2D eigenvalue weighted by atomic mass is 10.2. The minimum Gasteiger partial charge on any atom is -0.335 e. The minimum atomic E-state index is -0.431. The van der Waals surface area contributed by atoms with E-state index in [1.807, 2.05) is 22.4 Å². The van der Waals surface area contributed by atoms with E-state index in [1.54, 1.807) is 24.0 Å². The monoisotopic (exact) mass is 361 g/mol. The molecule has 2 aromatic rings. The fraction of sp³-hybridized carbons (Fsp3) is 0.333. The van der Waals surface area contributed by atoms with Crippen molar-refractivity contribution in [3.8, 4) is 0 Å². The highest BCUT2D eigenvalue weighted by Crippen LogP contribution is 2.16. The summed E-state index contributed by atoms with van der Waals surface area (Å²) < 4.78 is 13.8. The first-order valence-corrected chi connectivity index (χ1v) is 9.02. The number of nitrogens with zero attached hydrogens (tertiary/aromatic N) is 2. The Morgan fingerprint density at radius 1 is 1.20 bits per heavy atom. The average Bonchev–Trinajstić information content (AvgIpc) is 3.12. The molecule has 1 aromatic heterocycles. The van der Waals surface area contributed by atoms with Crippen LogP contribution in [-0.4, -0.2) is 54.3 Å². The maximum absolute atomic E-state index is 13.8. The van der Waals surface area contributed by atoms with Gasteiger partial charge in [-0.3, -0.25) is 14.5 Å². The first-order chi connectivity index (χ1) is 12.0. The van der Waals surface area contributed by atoms with Gasteiger partial charge in [-0.25, -0.2) is 4.39 Å². The molecule has 2 amide bonds. The van der Waals surface area contributed by atoms with E-state index in [2.05, 4.69) is 5.32 Å². The van der Waals surface area contributed by atoms with E-state index in [1.165, 1.54) is 17.4 Å². The van der Waals surface area contributed by atoms with Crippen LogP contribution in [0.4, 0.5) is 10.1 Å². The highest BCUT2D eigenvalue weighted by molar-refractivity contribution is 7.12. The second-order valence-electron chi connectivity index (χ2n) is 6.08. The quantitative estimate of drug-likeness (QED) is 0.911. The molecule has 1 N–H and O–H groups in total. The van der Waals surface area contributed by atoms with Gasteiger partial charge < -0.3 is 10.2 Å². The molecule has 0 atom stereocenters. The molecular formula is C18H20FN3O2S. The summed E-state index contributed by atoms with van der Waals surface area (Å²) >= 11 is 1.44. The van der Waals surface area contributed by atoms with Gasteiger partial charge in [0.2, 0.25) is 5.91 Å². The van der Waals surface area contributed by atoms with E-state index in [4.69, 9.17) is 0 Å². The average molecular weight is 361 g/mol. The minimum absolute atomic E-state index is 0.0424. The van der Waals surface area contributed by atoms with Crippen LogP contribution in [0, 0.1) is 12.7 Å². The van der Waals surface area contributed by atoms with Gasteiger partial charge in [-0.2, -0.15) is 0 Å². The van der Waals surface area contributed by atoms with E-state index < -0.39 is 5.82 Å². The molecule has 1 aliphatic heterocycles. The predicted molar refractivity (Wildman–Crippen MR) is 96.4 cm³/mol. The number of piperazine rings is 1. The Bertz CT molecular complexity index is 756. The Kier molecular flexibility index (Phi) is 5.45. The lowest BCUT2D eigenvalue weighted by Crippen LogP contribution is -2.50. The summed E-state index contributed by atoms with van der Waals surface area (Å²) in [7, 11) is 0. The molecule has 1 saturated heterocycles. The fourth-order valence-corrected chi connectivity index (χ4v) is 3.47. The van der Waals surface area contributed by atoms with Crippen molar-refractivity contribution >= 4 is 28.8 Å². The number of rotatable bonds is 4.